The molecule has 1 aliphatic carbocycles. The number of carbonyl (C=O) groups is 2. The molecule has 0 bridgehead atoms. The third kappa shape index (κ3) is 4.92. The number of ether oxygens (including phenoxy) is 2. The zero-order valence-electron chi connectivity index (χ0n) is 17.2. The summed E-state index contributed by atoms with van der Waals surface area (Å²) in [5.74, 6) is -0.134. The predicted molar refractivity (Wildman–Crippen MR) is 107 cm³/mol. The van der Waals surface area contributed by atoms with Crippen LogP contribution in [0.3, 0.4) is 0 Å². The molecular weight excluding hydrogens is 384 g/mol. The van der Waals surface area contributed by atoms with E-state index in [0.29, 0.717) is 5.82 Å². The van der Waals surface area contributed by atoms with E-state index >= 15 is 0 Å². The number of aromatic nitrogens is 3. The van der Waals surface area contributed by atoms with Gasteiger partial charge in [0.05, 0.1) is 12.8 Å². The van der Waals surface area contributed by atoms with Crippen LogP contribution in [-0.2, 0) is 9.47 Å². The van der Waals surface area contributed by atoms with Gasteiger partial charge in [-0.1, -0.05) is 25.4 Å². The van der Waals surface area contributed by atoms with Crippen LogP contribution >= 0.6 is 11.6 Å². The molecule has 9 heteroatoms. The second-order valence-electron chi connectivity index (χ2n) is 7.03. The van der Waals surface area contributed by atoms with Crippen LogP contribution in [-0.4, -0.2) is 44.9 Å². The summed E-state index contributed by atoms with van der Waals surface area (Å²) in [7, 11) is 0. The molecule has 1 amide bonds. The van der Waals surface area contributed by atoms with Gasteiger partial charge in [-0.15, -0.1) is 0 Å². The lowest BCUT2D eigenvalue weighted by Gasteiger charge is -2.27. The highest BCUT2D eigenvalue weighted by Crippen LogP contribution is 2.34. The Balaban J connectivity index is 0.00000136. The number of hydrogen-bond donors (Lipinski definition) is 0. The fourth-order valence-corrected chi connectivity index (χ4v) is 2.69. The Morgan fingerprint density at radius 2 is 1.96 bits per heavy atom. The minimum Gasteiger partial charge on any atom is -0.462 e. The van der Waals surface area contributed by atoms with Gasteiger partial charge >= 0.3 is 12.1 Å². The summed E-state index contributed by atoms with van der Waals surface area (Å²) in [6, 6.07) is 1.54. The van der Waals surface area contributed by atoms with Crippen molar-refractivity contribution in [1.82, 2.24) is 14.6 Å². The Morgan fingerprint density at radius 3 is 2.50 bits per heavy atom. The summed E-state index contributed by atoms with van der Waals surface area (Å²) in [6.07, 6.45) is 2.58. The Morgan fingerprint density at radius 1 is 1.32 bits per heavy atom. The average molecular weight is 411 g/mol. The molecule has 154 valence electrons. The summed E-state index contributed by atoms with van der Waals surface area (Å²) in [6.45, 7) is 11.4. The van der Waals surface area contributed by atoms with Gasteiger partial charge in [0, 0.05) is 12.1 Å². The normalized spacial score (nSPS) is 13.5. The van der Waals surface area contributed by atoms with E-state index in [2.05, 4.69) is 10.1 Å². The van der Waals surface area contributed by atoms with E-state index < -0.39 is 17.7 Å². The molecule has 0 saturated heterocycles. The monoisotopic (exact) mass is 410 g/mol. The largest absolute Gasteiger partial charge is 0.462 e. The van der Waals surface area contributed by atoms with Crippen molar-refractivity contribution >= 4 is 35.1 Å². The molecule has 2 aromatic rings. The van der Waals surface area contributed by atoms with E-state index in [1.807, 2.05) is 13.8 Å². The summed E-state index contributed by atoms with van der Waals surface area (Å²) < 4.78 is 12.0. The molecule has 0 atom stereocenters. The van der Waals surface area contributed by atoms with E-state index in [4.69, 9.17) is 21.1 Å². The van der Waals surface area contributed by atoms with Crippen LogP contribution < -0.4 is 4.90 Å². The highest BCUT2D eigenvalue weighted by molar-refractivity contribution is 6.30. The van der Waals surface area contributed by atoms with E-state index in [1.165, 1.54) is 15.6 Å². The molecule has 8 nitrogen and oxygen atoms in total. The summed E-state index contributed by atoms with van der Waals surface area (Å²) in [5.41, 5.74) is -0.212. The van der Waals surface area contributed by atoms with Crippen molar-refractivity contribution in [3.8, 4) is 0 Å². The third-order valence-corrected chi connectivity index (χ3v) is 3.86. The van der Waals surface area contributed by atoms with Crippen molar-refractivity contribution in [2.75, 3.05) is 11.5 Å². The minimum absolute atomic E-state index is 0.00163. The van der Waals surface area contributed by atoms with Crippen molar-refractivity contribution in [1.29, 1.82) is 0 Å². The molecule has 1 aliphatic rings. The van der Waals surface area contributed by atoms with Gasteiger partial charge in [-0.25, -0.2) is 14.6 Å². The molecule has 1 saturated carbocycles. The van der Waals surface area contributed by atoms with Gasteiger partial charge in [-0.3, -0.25) is 4.90 Å². The number of rotatable bonds is 4. The first-order valence-corrected chi connectivity index (χ1v) is 9.82. The van der Waals surface area contributed by atoms with Gasteiger partial charge < -0.3 is 9.47 Å². The highest BCUT2D eigenvalue weighted by Gasteiger charge is 2.38. The zero-order valence-corrected chi connectivity index (χ0v) is 17.9. The molecule has 3 rings (SSSR count). The number of amides is 1. The van der Waals surface area contributed by atoms with Crippen molar-refractivity contribution in [3.05, 3.63) is 23.0 Å². The Bertz CT molecular complexity index is 855. The number of hydrogen-bond acceptors (Lipinski definition) is 6. The summed E-state index contributed by atoms with van der Waals surface area (Å²) in [4.78, 5) is 30.6. The molecule has 2 heterocycles. The first-order chi connectivity index (χ1) is 13.2. The number of fused-ring (bicyclic) bond motifs is 1. The molecule has 0 unspecified atom stereocenters. The molecule has 0 N–H and O–H groups in total. The Kier molecular flexibility index (Phi) is 6.87. The highest BCUT2D eigenvalue weighted by atomic mass is 35.5. The average Bonchev–Trinajstić information content (AvgIpc) is 3.33. The molecule has 2 aromatic heterocycles. The van der Waals surface area contributed by atoms with Crippen molar-refractivity contribution in [2.45, 2.75) is 66.0 Å². The van der Waals surface area contributed by atoms with E-state index in [0.717, 1.165) is 12.8 Å². The fraction of sp³-hybridized carbons (Fsp3) is 0.579. The van der Waals surface area contributed by atoms with Gasteiger partial charge in [0.25, 0.3) is 0 Å². The van der Waals surface area contributed by atoms with E-state index in [9.17, 15) is 9.59 Å². The van der Waals surface area contributed by atoms with Crippen LogP contribution in [0.15, 0.2) is 12.3 Å². The van der Waals surface area contributed by atoms with Crippen molar-refractivity contribution in [3.63, 3.8) is 0 Å². The van der Waals surface area contributed by atoms with Gasteiger partial charge in [-0.2, -0.15) is 9.61 Å². The fourth-order valence-electron chi connectivity index (χ4n) is 2.52. The van der Waals surface area contributed by atoms with Crippen molar-refractivity contribution < 1.29 is 19.1 Å². The third-order valence-electron chi connectivity index (χ3n) is 3.67. The second kappa shape index (κ2) is 8.77. The van der Waals surface area contributed by atoms with Crippen LogP contribution in [0.25, 0.3) is 5.65 Å². The SMILES string of the molecule is CC.CCOC(=O)c1cnn2c(N(C(=O)OC(C)(C)C)C3CC3)cc(Cl)nc12. The van der Waals surface area contributed by atoms with Crippen LogP contribution in [0.4, 0.5) is 10.6 Å². The van der Waals surface area contributed by atoms with Crippen LogP contribution in [0.1, 0.15) is 64.7 Å². The molecule has 0 radical (unpaired) electrons. The molecule has 1 fully saturated rings. The Hall–Kier alpha value is -2.35. The summed E-state index contributed by atoms with van der Waals surface area (Å²) in [5, 5.41) is 4.36. The molecule has 0 spiro atoms. The number of esters is 1. The van der Waals surface area contributed by atoms with Gasteiger partial charge in [0.1, 0.15) is 22.1 Å². The number of nitrogens with zero attached hydrogens (tertiary/aromatic N) is 4. The van der Waals surface area contributed by atoms with Crippen LogP contribution in [0.2, 0.25) is 5.15 Å². The first kappa shape index (κ1) is 21.9. The summed E-state index contributed by atoms with van der Waals surface area (Å²) >= 11 is 6.16. The number of anilines is 1. The van der Waals surface area contributed by atoms with Gasteiger partial charge in [0.2, 0.25) is 0 Å². The van der Waals surface area contributed by atoms with E-state index in [-0.39, 0.29) is 29.0 Å². The van der Waals surface area contributed by atoms with Crippen LogP contribution in [0.5, 0.6) is 0 Å². The smallest absolute Gasteiger partial charge is 0.416 e. The topological polar surface area (TPSA) is 86.0 Å². The standard InChI is InChI=1S/C17H21ClN4O4.C2H6/c1-5-25-15(23)11-9-19-22-13(8-12(18)20-14(11)22)21(10-6-7-10)16(24)26-17(2,3)4;1-2/h8-10H,5-7H2,1-4H3;1-2H3. The number of halogens is 1. The maximum absolute atomic E-state index is 12.7. The lowest BCUT2D eigenvalue weighted by Crippen LogP contribution is -2.39. The lowest BCUT2D eigenvalue weighted by molar-refractivity contribution is 0.0526. The minimum atomic E-state index is -0.639. The maximum atomic E-state index is 12.7. The van der Waals surface area contributed by atoms with Gasteiger partial charge in [0.15, 0.2) is 5.65 Å². The first-order valence-electron chi connectivity index (χ1n) is 9.45. The van der Waals surface area contributed by atoms with Crippen LogP contribution in [0, 0.1) is 0 Å². The Labute approximate surface area is 169 Å². The lowest BCUT2D eigenvalue weighted by atomic mass is 10.2. The van der Waals surface area contributed by atoms with Gasteiger partial charge in [-0.05, 0) is 40.5 Å². The second-order valence-corrected chi connectivity index (χ2v) is 7.42. The molecule has 28 heavy (non-hydrogen) atoms. The maximum Gasteiger partial charge on any atom is 0.416 e. The number of carbonyl (C=O) groups excluding carboxylic acids is 2. The van der Waals surface area contributed by atoms with Crippen molar-refractivity contribution in [2.24, 2.45) is 0 Å². The molecular formula is C19H27ClN4O4. The molecule has 0 aromatic carbocycles. The van der Waals surface area contributed by atoms with E-state index in [1.54, 1.807) is 33.8 Å². The predicted octanol–water partition coefficient (Wildman–Crippen LogP) is 4.49. The molecule has 0 aliphatic heterocycles. The zero-order chi connectivity index (χ0) is 21.1. The quantitative estimate of drug-likeness (QED) is 0.545.